The zero-order chi connectivity index (χ0) is 25.8. The summed E-state index contributed by atoms with van der Waals surface area (Å²) in [6, 6.07) is 8.38. The lowest BCUT2D eigenvalue weighted by Gasteiger charge is -2.30. The molecule has 0 unspecified atom stereocenters. The Balaban J connectivity index is 1.36. The molecule has 1 amide bonds. The molecule has 2 fully saturated rings. The van der Waals surface area contributed by atoms with Gasteiger partial charge in [0.2, 0.25) is 23.7 Å². The Hall–Kier alpha value is -3.66. The van der Waals surface area contributed by atoms with Crippen LogP contribution < -0.4 is 20.4 Å². The van der Waals surface area contributed by atoms with Gasteiger partial charge in [-0.3, -0.25) is 4.79 Å². The van der Waals surface area contributed by atoms with E-state index in [1.165, 1.54) is 18.9 Å². The van der Waals surface area contributed by atoms with E-state index in [0.29, 0.717) is 39.9 Å². The van der Waals surface area contributed by atoms with Crippen molar-refractivity contribution in [3.05, 3.63) is 46.6 Å². The van der Waals surface area contributed by atoms with E-state index in [-0.39, 0.29) is 11.4 Å². The van der Waals surface area contributed by atoms with Gasteiger partial charge in [-0.25, -0.2) is 4.98 Å². The molecule has 2 aromatic heterocycles. The van der Waals surface area contributed by atoms with Crippen molar-refractivity contribution >= 4 is 46.7 Å². The third-order valence-electron chi connectivity index (χ3n) is 6.62. The quantitative estimate of drug-likeness (QED) is 0.414. The Bertz CT molecular complexity index is 1240. The Kier molecular flexibility index (Phi) is 7.55. The summed E-state index contributed by atoms with van der Waals surface area (Å²) in [5.41, 5.74) is 1.79. The smallest absolute Gasteiger partial charge is 0.261 e. The lowest BCUT2D eigenvalue weighted by molar-refractivity contribution is 0.102. The molecule has 1 aromatic carbocycles. The zero-order valence-electron chi connectivity index (χ0n) is 20.9. The number of rotatable bonds is 6. The molecule has 0 spiro atoms. The molecule has 0 atom stereocenters. The van der Waals surface area contributed by atoms with E-state index in [1.807, 2.05) is 0 Å². The van der Waals surface area contributed by atoms with E-state index in [1.54, 1.807) is 31.2 Å². The number of amides is 1. The van der Waals surface area contributed by atoms with Crippen LogP contribution in [-0.2, 0) is 0 Å². The van der Waals surface area contributed by atoms with Gasteiger partial charge in [0.25, 0.3) is 5.91 Å². The van der Waals surface area contributed by atoms with Crippen LogP contribution in [-0.4, -0.2) is 57.1 Å². The minimum Gasteiger partial charge on any atom is -0.493 e. The Morgan fingerprint density at radius 3 is 2.05 bits per heavy atom. The maximum absolute atomic E-state index is 12.6. The van der Waals surface area contributed by atoms with E-state index in [4.69, 9.17) is 26.6 Å². The fourth-order valence-electron chi connectivity index (χ4n) is 4.61. The first kappa shape index (κ1) is 25.0. The standard InChI is InChI=1S/C26H31ClN8O2/c1-17-8-10-19(22(36)28-17)23(37)30-21-11-9-18(16-20(21)27)29-24-31-25(34-12-4-2-5-13-34)33-26(32-24)35-14-6-3-7-15-35/h8-11,16H,2-7,12-15H2,1H3,(H,28,36)(H,30,37)(H,29,31,32,33). The molecule has 5 rings (SSSR count). The summed E-state index contributed by atoms with van der Waals surface area (Å²) in [5, 5.41) is 16.3. The van der Waals surface area contributed by atoms with E-state index in [0.717, 1.165) is 51.9 Å². The second kappa shape index (κ2) is 11.2. The van der Waals surface area contributed by atoms with E-state index >= 15 is 0 Å². The third-order valence-corrected chi connectivity index (χ3v) is 6.93. The number of benzene rings is 1. The summed E-state index contributed by atoms with van der Waals surface area (Å²) in [4.78, 5) is 35.3. The average Bonchev–Trinajstić information content (AvgIpc) is 2.91. The van der Waals surface area contributed by atoms with Crippen molar-refractivity contribution in [3.8, 4) is 5.88 Å². The molecule has 3 N–H and O–H groups in total. The van der Waals surface area contributed by atoms with Gasteiger partial charge in [0, 0.05) is 37.6 Å². The highest BCUT2D eigenvalue weighted by molar-refractivity contribution is 6.34. The van der Waals surface area contributed by atoms with Gasteiger partial charge in [0.15, 0.2) is 0 Å². The van der Waals surface area contributed by atoms with Crippen molar-refractivity contribution in [2.24, 2.45) is 0 Å². The third kappa shape index (κ3) is 6.02. The monoisotopic (exact) mass is 522 g/mol. The lowest BCUT2D eigenvalue weighted by atomic mass is 10.1. The summed E-state index contributed by atoms with van der Waals surface area (Å²) < 4.78 is 0. The summed E-state index contributed by atoms with van der Waals surface area (Å²) in [7, 11) is 0. The Morgan fingerprint density at radius 1 is 0.865 bits per heavy atom. The van der Waals surface area contributed by atoms with E-state index in [9.17, 15) is 9.90 Å². The number of hydrogen-bond acceptors (Lipinski definition) is 9. The van der Waals surface area contributed by atoms with Crippen LogP contribution in [0.5, 0.6) is 5.88 Å². The fourth-order valence-corrected chi connectivity index (χ4v) is 4.84. The number of anilines is 5. The molecule has 0 bridgehead atoms. The van der Waals surface area contributed by atoms with Crippen LogP contribution >= 0.6 is 11.6 Å². The van der Waals surface area contributed by atoms with Crippen LogP contribution in [0.2, 0.25) is 5.02 Å². The number of aromatic nitrogens is 4. The molecule has 0 saturated carbocycles. The molecular formula is C26H31ClN8O2. The number of aryl methyl sites for hydroxylation is 1. The SMILES string of the molecule is Cc1ccc(C(=O)Nc2ccc(Nc3nc(N4CCCCC4)nc(N4CCCCC4)n3)cc2Cl)c(O)n1. The molecule has 10 nitrogen and oxygen atoms in total. The number of halogens is 1. The Labute approximate surface area is 221 Å². The van der Waals surface area contributed by atoms with Crippen LogP contribution in [0.15, 0.2) is 30.3 Å². The molecule has 3 aromatic rings. The van der Waals surface area contributed by atoms with Crippen LogP contribution in [0, 0.1) is 6.92 Å². The van der Waals surface area contributed by atoms with Crippen molar-refractivity contribution in [3.63, 3.8) is 0 Å². The molecule has 2 saturated heterocycles. The highest BCUT2D eigenvalue weighted by Gasteiger charge is 2.21. The molecule has 2 aliphatic rings. The van der Waals surface area contributed by atoms with E-state index in [2.05, 4.69) is 25.4 Å². The van der Waals surface area contributed by atoms with Gasteiger partial charge in [-0.15, -0.1) is 0 Å². The van der Waals surface area contributed by atoms with Gasteiger partial charge >= 0.3 is 0 Å². The minimum atomic E-state index is -0.498. The molecule has 0 aliphatic carbocycles. The van der Waals surface area contributed by atoms with Gasteiger partial charge in [0.1, 0.15) is 5.56 Å². The van der Waals surface area contributed by atoms with Crippen molar-refractivity contribution < 1.29 is 9.90 Å². The van der Waals surface area contributed by atoms with Crippen LogP contribution in [0.3, 0.4) is 0 Å². The van der Waals surface area contributed by atoms with Crippen molar-refractivity contribution in [2.45, 2.75) is 45.4 Å². The predicted molar refractivity (Wildman–Crippen MR) is 145 cm³/mol. The van der Waals surface area contributed by atoms with Gasteiger partial charge in [-0.05, 0) is 75.8 Å². The maximum atomic E-state index is 12.6. The predicted octanol–water partition coefficient (Wildman–Crippen LogP) is 4.91. The zero-order valence-corrected chi connectivity index (χ0v) is 21.6. The number of nitrogens with zero attached hydrogens (tertiary/aromatic N) is 6. The molecule has 0 radical (unpaired) electrons. The van der Waals surface area contributed by atoms with Crippen molar-refractivity contribution in [1.82, 2.24) is 19.9 Å². The van der Waals surface area contributed by atoms with E-state index < -0.39 is 5.91 Å². The summed E-state index contributed by atoms with van der Waals surface area (Å²) in [5.74, 6) is 1.02. The van der Waals surface area contributed by atoms with Crippen LogP contribution in [0.4, 0.5) is 29.2 Å². The first-order valence-electron chi connectivity index (χ1n) is 12.8. The molecule has 37 heavy (non-hydrogen) atoms. The van der Waals surface area contributed by atoms with Crippen LogP contribution in [0.25, 0.3) is 0 Å². The Morgan fingerprint density at radius 2 is 1.49 bits per heavy atom. The summed E-state index contributed by atoms with van der Waals surface area (Å²) >= 11 is 6.50. The second-order valence-corrected chi connectivity index (χ2v) is 9.86. The minimum absolute atomic E-state index is 0.0736. The first-order chi connectivity index (χ1) is 18.0. The van der Waals surface area contributed by atoms with Gasteiger partial charge in [0.05, 0.1) is 10.7 Å². The average molecular weight is 523 g/mol. The second-order valence-electron chi connectivity index (χ2n) is 9.45. The molecular weight excluding hydrogens is 492 g/mol. The molecule has 2 aliphatic heterocycles. The molecule has 194 valence electrons. The number of carbonyl (C=O) groups excluding carboxylic acids is 1. The fraction of sp³-hybridized carbons (Fsp3) is 0.423. The van der Waals surface area contributed by atoms with Crippen molar-refractivity contribution in [2.75, 3.05) is 46.6 Å². The number of hydrogen-bond donors (Lipinski definition) is 3. The topological polar surface area (TPSA) is 119 Å². The number of carbonyl (C=O) groups is 1. The number of piperidine rings is 2. The first-order valence-corrected chi connectivity index (χ1v) is 13.1. The highest BCUT2D eigenvalue weighted by Crippen LogP contribution is 2.29. The number of nitrogens with one attached hydrogen (secondary N) is 2. The normalized spacial score (nSPS) is 15.9. The molecule has 11 heteroatoms. The number of pyridine rings is 1. The van der Waals surface area contributed by atoms with Crippen LogP contribution in [0.1, 0.15) is 54.6 Å². The molecule has 4 heterocycles. The van der Waals surface area contributed by atoms with Crippen molar-refractivity contribution in [1.29, 1.82) is 0 Å². The highest BCUT2D eigenvalue weighted by atomic mass is 35.5. The lowest BCUT2D eigenvalue weighted by Crippen LogP contribution is -2.34. The van der Waals surface area contributed by atoms with Gasteiger partial charge in [-0.1, -0.05) is 11.6 Å². The van der Waals surface area contributed by atoms with Gasteiger partial charge in [-0.2, -0.15) is 15.0 Å². The van der Waals surface area contributed by atoms with Gasteiger partial charge < -0.3 is 25.5 Å². The maximum Gasteiger partial charge on any atom is 0.261 e. The summed E-state index contributed by atoms with van der Waals surface area (Å²) in [6.45, 7) is 5.50. The largest absolute Gasteiger partial charge is 0.493 e. The number of aromatic hydroxyl groups is 1. The summed E-state index contributed by atoms with van der Waals surface area (Å²) in [6.07, 6.45) is 6.99.